The van der Waals surface area contributed by atoms with Crippen molar-refractivity contribution in [1.82, 2.24) is 0 Å². The van der Waals surface area contributed by atoms with E-state index in [-0.39, 0.29) is 11.0 Å². The molecule has 2 aliphatic carbocycles. The summed E-state index contributed by atoms with van der Waals surface area (Å²) in [4.78, 5) is 0. The molecule has 8 aromatic rings. The van der Waals surface area contributed by atoms with Crippen molar-refractivity contribution < 1.29 is 25.5 Å². The molecule has 256 valence electrons. The second-order valence-corrected chi connectivity index (χ2v) is 14.7. The third-order valence-electron chi connectivity index (χ3n) is 11.9. The first-order valence-corrected chi connectivity index (χ1v) is 17.7. The van der Waals surface area contributed by atoms with Gasteiger partial charge in [-0.25, -0.2) is 0 Å². The van der Waals surface area contributed by atoms with Crippen LogP contribution in [-0.2, 0) is 10.8 Å². The first-order valence-electron chi connectivity index (χ1n) is 17.7. The summed E-state index contributed by atoms with van der Waals surface area (Å²) in [5.74, 6) is -4.26. The van der Waals surface area contributed by atoms with Crippen molar-refractivity contribution >= 4 is 21.5 Å². The smallest absolute Gasteiger partial charge is 0.208 e. The van der Waals surface area contributed by atoms with Gasteiger partial charge in [-0.1, -0.05) is 147 Å². The normalized spacial score (nSPS) is 14.5. The fourth-order valence-electron chi connectivity index (χ4n) is 9.65. The summed E-state index contributed by atoms with van der Waals surface area (Å²) < 4.78 is 0. The highest BCUT2D eigenvalue weighted by molar-refractivity contribution is 6.22. The Morgan fingerprint density at radius 1 is 0.340 bits per heavy atom. The van der Waals surface area contributed by atoms with E-state index in [4.69, 9.17) is 0 Å². The number of fused-ring (bicyclic) bond motifs is 11. The molecule has 10 rings (SSSR count). The van der Waals surface area contributed by atoms with Gasteiger partial charge in [0.15, 0.2) is 11.5 Å². The minimum Gasteiger partial charge on any atom is -0.504 e. The third-order valence-corrected chi connectivity index (χ3v) is 11.9. The molecule has 5 N–H and O–H groups in total. The fraction of sp³-hybridized carbons (Fsp3) is 0.0833. The van der Waals surface area contributed by atoms with Crippen molar-refractivity contribution in [2.45, 2.75) is 24.7 Å². The van der Waals surface area contributed by atoms with Crippen molar-refractivity contribution in [3.8, 4) is 62.1 Å². The second kappa shape index (κ2) is 10.7. The summed E-state index contributed by atoms with van der Waals surface area (Å²) >= 11 is 0. The molecule has 0 fully saturated rings. The van der Waals surface area contributed by atoms with Crippen molar-refractivity contribution in [1.29, 1.82) is 0 Å². The van der Waals surface area contributed by atoms with Gasteiger partial charge in [0.1, 0.15) is 0 Å². The number of rotatable bonds is 2. The molecule has 5 heteroatoms. The average Bonchev–Trinajstić information content (AvgIpc) is 3.48. The predicted octanol–water partition coefficient (Wildman–Crippen LogP) is 10.9. The summed E-state index contributed by atoms with van der Waals surface area (Å²) in [6.07, 6.45) is 0. The van der Waals surface area contributed by atoms with E-state index in [1.165, 1.54) is 44.5 Å². The van der Waals surface area contributed by atoms with E-state index in [9.17, 15) is 25.5 Å². The van der Waals surface area contributed by atoms with Gasteiger partial charge in [-0.15, -0.1) is 0 Å². The molecule has 0 saturated carbocycles. The first kappa shape index (κ1) is 31.1. The molecule has 53 heavy (non-hydrogen) atoms. The van der Waals surface area contributed by atoms with Gasteiger partial charge in [0.25, 0.3) is 0 Å². The molecule has 0 atom stereocenters. The molecule has 0 bridgehead atoms. The topological polar surface area (TPSA) is 101 Å². The zero-order valence-electron chi connectivity index (χ0n) is 29.0. The Morgan fingerprint density at radius 3 is 1.26 bits per heavy atom. The predicted molar refractivity (Wildman–Crippen MR) is 210 cm³/mol. The van der Waals surface area contributed by atoms with Crippen LogP contribution < -0.4 is 0 Å². The number of phenols is 5. The van der Waals surface area contributed by atoms with Gasteiger partial charge in [-0.3, -0.25) is 0 Å². The largest absolute Gasteiger partial charge is 0.504 e. The summed E-state index contributed by atoms with van der Waals surface area (Å²) in [7, 11) is 0. The number of benzene rings is 8. The Morgan fingerprint density at radius 2 is 0.736 bits per heavy atom. The van der Waals surface area contributed by atoms with Gasteiger partial charge in [0.05, 0.1) is 11.0 Å². The SMILES string of the molecule is CC1(C)c2ccccc2C2(c3ccccc3-c3ccc(-c4c5ccccc5c(-c5c(O)c(O)c(O)c(O)c5O)c5ccccc45)cc32)c2ccccc21. The monoisotopic (exact) mass is 690 g/mol. The Labute approximate surface area is 305 Å². The minimum atomic E-state index is -0.990. The molecule has 0 saturated heterocycles. The first-order chi connectivity index (χ1) is 25.7. The highest BCUT2D eigenvalue weighted by Gasteiger charge is 2.53. The molecule has 8 aromatic carbocycles. The van der Waals surface area contributed by atoms with Gasteiger partial charge in [0.2, 0.25) is 17.2 Å². The number of phenolic OH excluding ortho intramolecular Hbond substituents is 5. The molecular formula is C48H34O5. The van der Waals surface area contributed by atoms with Crippen LogP contribution in [0.25, 0.3) is 54.9 Å². The highest BCUT2D eigenvalue weighted by atomic mass is 16.4. The van der Waals surface area contributed by atoms with Crippen molar-refractivity contribution in [2.24, 2.45) is 0 Å². The molecule has 2 aliphatic rings. The maximum absolute atomic E-state index is 11.2. The number of hydrogen-bond donors (Lipinski definition) is 5. The standard InChI is InChI=1S/C48H34O5/c1-47(2)34-19-9-11-21-36(34)48(37-22-12-10-20-35(37)47)33-18-8-7-13-27(33)28-24-23-26(25-38(28)48)39-29-14-3-5-16-31(29)40(32-17-6-4-15-30(32)39)41-42(49)44(51)46(53)45(52)43(41)50/h3-25,49-53H,1-2H3. The van der Waals surface area contributed by atoms with E-state index in [0.717, 1.165) is 21.9 Å². The molecule has 0 aromatic heterocycles. The minimum absolute atomic E-state index is 0.168. The molecule has 0 heterocycles. The summed E-state index contributed by atoms with van der Waals surface area (Å²) in [6.45, 7) is 4.64. The average molecular weight is 691 g/mol. The van der Waals surface area contributed by atoms with E-state index >= 15 is 0 Å². The zero-order valence-corrected chi connectivity index (χ0v) is 29.0. The lowest BCUT2D eigenvalue weighted by molar-refractivity contribution is 0.330. The van der Waals surface area contributed by atoms with Crippen molar-refractivity contribution in [3.05, 3.63) is 173 Å². The van der Waals surface area contributed by atoms with Crippen LogP contribution in [0.15, 0.2) is 140 Å². The maximum Gasteiger partial charge on any atom is 0.208 e. The van der Waals surface area contributed by atoms with Crippen molar-refractivity contribution in [2.75, 3.05) is 0 Å². The zero-order chi connectivity index (χ0) is 36.4. The Balaban J connectivity index is 1.34. The molecule has 0 aliphatic heterocycles. The van der Waals surface area contributed by atoms with Crippen LogP contribution in [-0.4, -0.2) is 25.5 Å². The second-order valence-electron chi connectivity index (χ2n) is 14.7. The van der Waals surface area contributed by atoms with E-state index < -0.39 is 34.2 Å². The summed E-state index contributed by atoms with van der Waals surface area (Å²) in [6, 6.07) is 48.8. The number of hydrogen-bond acceptors (Lipinski definition) is 5. The van der Waals surface area contributed by atoms with Crippen LogP contribution in [0.4, 0.5) is 0 Å². The number of aromatic hydroxyl groups is 5. The molecule has 1 spiro atoms. The van der Waals surface area contributed by atoms with Gasteiger partial charge in [-0.05, 0) is 83.2 Å². The van der Waals surface area contributed by atoms with Gasteiger partial charge < -0.3 is 25.5 Å². The lowest BCUT2D eigenvalue weighted by Crippen LogP contribution is -2.40. The summed E-state index contributed by atoms with van der Waals surface area (Å²) in [5.41, 5.74) is 11.4. The van der Waals surface area contributed by atoms with Crippen LogP contribution in [0.3, 0.4) is 0 Å². The van der Waals surface area contributed by atoms with Gasteiger partial charge in [0, 0.05) is 11.0 Å². The van der Waals surface area contributed by atoms with Crippen LogP contribution in [0.2, 0.25) is 0 Å². The molecule has 0 radical (unpaired) electrons. The van der Waals surface area contributed by atoms with E-state index in [1.807, 2.05) is 48.5 Å². The van der Waals surface area contributed by atoms with E-state index in [1.54, 1.807) is 0 Å². The Kier molecular flexibility index (Phi) is 6.24. The third kappa shape index (κ3) is 3.81. The maximum atomic E-state index is 11.2. The van der Waals surface area contributed by atoms with E-state index in [2.05, 4.69) is 105 Å². The van der Waals surface area contributed by atoms with Crippen molar-refractivity contribution in [3.63, 3.8) is 0 Å². The van der Waals surface area contributed by atoms with Crippen LogP contribution >= 0.6 is 0 Å². The quantitative estimate of drug-likeness (QED) is 0.0706. The lowest BCUT2D eigenvalue weighted by atomic mass is 9.55. The van der Waals surface area contributed by atoms with E-state index in [0.29, 0.717) is 16.3 Å². The summed E-state index contributed by atoms with van der Waals surface area (Å²) in [5, 5.41) is 56.9. The van der Waals surface area contributed by atoms with Crippen LogP contribution in [0, 0.1) is 0 Å². The molecule has 5 nitrogen and oxygen atoms in total. The molecular weight excluding hydrogens is 657 g/mol. The van der Waals surface area contributed by atoms with Crippen LogP contribution in [0.1, 0.15) is 47.2 Å². The van der Waals surface area contributed by atoms with Gasteiger partial charge in [-0.2, -0.15) is 0 Å². The fourth-order valence-corrected chi connectivity index (χ4v) is 9.65. The van der Waals surface area contributed by atoms with Crippen LogP contribution in [0.5, 0.6) is 28.7 Å². The lowest BCUT2D eigenvalue weighted by Gasteiger charge is -2.46. The highest BCUT2D eigenvalue weighted by Crippen LogP contribution is 2.63. The molecule has 0 amide bonds. The van der Waals surface area contributed by atoms with Gasteiger partial charge >= 0.3 is 0 Å². The molecule has 0 unspecified atom stereocenters. The Bertz CT molecular complexity index is 2750. The Hall–Kier alpha value is -6.72.